The fourth-order valence-corrected chi connectivity index (χ4v) is 2.30. The second kappa shape index (κ2) is 7.23. The van der Waals surface area contributed by atoms with Crippen LogP contribution >= 0.6 is 0 Å². The molecule has 1 atom stereocenters. The Morgan fingerprint density at radius 2 is 1.71 bits per heavy atom. The Kier molecular flexibility index (Phi) is 5.34. The highest BCUT2D eigenvalue weighted by Gasteiger charge is 2.06. The van der Waals surface area contributed by atoms with E-state index in [-0.39, 0.29) is 11.9 Å². The third kappa shape index (κ3) is 4.30. The Labute approximate surface area is 126 Å². The maximum Gasteiger partial charge on any atom is 0.126 e. The summed E-state index contributed by atoms with van der Waals surface area (Å²) in [5, 5.41) is 3.44. The lowest BCUT2D eigenvalue weighted by molar-refractivity contribution is 0.559. The largest absolute Gasteiger partial charge is 0.378 e. The minimum absolute atomic E-state index is 0.123. The number of hydrogen-bond acceptors (Lipinski definition) is 2. The summed E-state index contributed by atoms with van der Waals surface area (Å²) in [7, 11) is 4.07. The molecule has 2 aromatic carbocycles. The van der Waals surface area contributed by atoms with Crippen molar-refractivity contribution in [2.45, 2.75) is 19.4 Å². The van der Waals surface area contributed by atoms with Crippen molar-refractivity contribution in [3.63, 3.8) is 0 Å². The van der Waals surface area contributed by atoms with Crippen LogP contribution in [0.2, 0.25) is 0 Å². The fourth-order valence-electron chi connectivity index (χ4n) is 2.30. The van der Waals surface area contributed by atoms with E-state index in [1.54, 1.807) is 6.07 Å². The predicted octanol–water partition coefficient (Wildman–Crippen LogP) is 3.79. The van der Waals surface area contributed by atoms with E-state index in [4.69, 9.17) is 0 Å². The van der Waals surface area contributed by atoms with E-state index in [9.17, 15) is 4.39 Å². The van der Waals surface area contributed by atoms with Crippen molar-refractivity contribution in [1.82, 2.24) is 5.32 Å². The van der Waals surface area contributed by atoms with Crippen LogP contribution in [0.15, 0.2) is 48.5 Å². The molecule has 21 heavy (non-hydrogen) atoms. The second-order valence-corrected chi connectivity index (χ2v) is 5.50. The lowest BCUT2D eigenvalue weighted by Gasteiger charge is -2.17. The first-order valence-electron chi connectivity index (χ1n) is 7.32. The molecular formula is C18H23FN2. The van der Waals surface area contributed by atoms with Gasteiger partial charge in [-0.15, -0.1) is 0 Å². The van der Waals surface area contributed by atoms with Gasteiger partial charge in [-0.25, -0.2) is 4.39 Å². The minimum Gasteiger partial charge on any atom is -0.378 e. The molecule has 112 valence electrons. The van der Waals surface area contributed by atoms with Crippen molar-refractivity contribution >= 4 is 5.69 Å². The van der Waals surface area contributed by atoms with Gasteiger partial charge in [0.05, 0.1) is 0 Å². The van der Waals surface area contributed by atoms with Gasteiger partial charge < -0.3 is 10.2 Å². The van der Waals surface area contributed by atoms with E-state index in [1.165, 1.54) is 17.3 Å². The third-order valence-electron chi connectivity index (χ3n) is 3.71. The number of rotatable bonds is 6. The summed E-state index contributed by atoms with van der Waals surface area (Å²) in [6.45, 7) is 2.89. The molecule has 1 unspecified atom stereocenters. The average Bonchev–Trinajstić information content (AvgIpc) is 2.49. The van der Waals surface area contributed by atoms with Crippen LogP contribution in [-0.2, 0) is 6.42 Å². The Bertz CT molecular complexity index is 564. The van der Waals surface area contributed by atoms with Gasteiger partial charge in [0.15, 0.2) is 0 Å². The van der Waals surface area contributed by atoms with Crippen molar-refractivity contribution in [2.24, 2.45) is 0 Å². The molecule has 0 amide bonds. The zero-order valence-electron chi connectivity index (χ0n) is 12.9. The standard InChI is InChI=1S/C18H23FN2/c1-14(15-8-10-17(11-9-15)21(2)3)20-13-12-16-6-4-5-7-18(16)19/h4-11,14,20H,12-13H2,1-3H3. The van der Waals surface area contributed by atoms with Gasteiger partial charge in [-0.1, -0.05) is 30.3 Å². The number of hydrogen-bond donors (Lipinski definition) is 1. The van der Waals surface area contributed by atoms with E-state index >= 15 is 0 Å². The van der Waals surface area contributed by atoms with Crippen LogP contribution < -0.4 is 10.2 Å². The molecule has 0 aliphatic heterocycles. The zero-order chi connectivity index (χ0) is 15.2. The third-order valence-corrected chi connectivity index (χ3v) is 3.71. The van der Waals surface area contributed by atoms with E-state index in [0.717, 1.165) is 12.1 Å². The van der Waals surface area contributed by atoms with Crippen molar-refractivity contribution in [3.8, 4) is 0 Å². The van der Waals surface area contributed by atoms with Gasteiger partial charge in [0.2, 0.25) is 0 Å². The van der Waals surface area contributed by atoms with E-state index in [0.29, 0.717) is 6.42 Å². The first-order valence-corrected chi connectivity index (χ1v) is 7.32. The molecule has 2 rings (SSSR count). The summed E-state index contributed by atoms with van der Waals surface area (Å²) in [6.07, 6.45) is 0.701. The summed E-state index contributed by atoms with van der Waals surface area (Å²) < 4.78 is 13.5. The molecule has 0 saturated carbocycles. The number of halogens is 1. The average molecular weight is 286 g/mol. The van der Waals surface area contributed by atoms with Crippen molar-refractivity contribution in [1.29, 1.82) is 0 Å². The van der Waals surface area contributed by atoms with E-state index in [2.05, 4.69) is 41.4 Å². The van der Waals surface area contributed by atoms with Gasteiger partial charge in [-0.3, -0.25) is 0 Å². The summed E-state index contributed by atoms with van der Waals surface area (Å²) in [6, 6.07) is 15.7. The highest BCUT2D eigenvalue weighted by atomic mass is 19.1. The van der Waals surface area contributed by atoms with E-state index < -0.39 is 0 Å². The van der Waals surface area contributed by atoms with Crippen molar-refractivity contribution in [3.05, 3.63) is 65.5 Å². The monoisotopic (exact) mass is 286 g/mol. The van der Waals surface area contributed by atoms with Crippen molar-refractivity contribution in [2.75, 3.05) is 25.5 Å². The molecule has 0 saturated heterocycles. The van der Waals surface area contributed by atoms with Crippen LogP contribution in [0.4, 0.5) is 10.1 Å². The van der Waals surface area contributed by atoms with Crippen LogP contribution in [0.1, 0.15) is 24.1 Å². The van der Waals surface area contributed by atoms with Crippen LogP contribution in [0, 0.1) is 5.82 Å². The smallest absolute Gasteiger partial charge is 0.126 e. The summed E-state index contributed by atoms with van der Waals surface area (Å²) in [4.78, 5) is 2.08. The van der Waals surface area contributed by atoms with Crippen LogP contribution in [0.25, 0.3) is 0 Å². The van der Waals surface area contributed by atoms with Crippen LogP contribution in [0.5, 0.6) is 0 Å². The molecule has 0 aliphatic rings. The molecule has 0 fully saturated rings. The molecule has 0 bridgehead atoms. The SMILES string of the molecule is CC(NCCc1ccccc1F)c1ccc(N(C)C)cc1. The lowest BCUT2D eigenvalue weighted by Crippen LogP contribution is -2.21. The van der Waals surface area contributed by atoms with Gasteiger partial charge in [0.25, 0.3) is 0 Å². The maximum absolute atomic E-state index is 13.5. The van der Waals surface area contributed by atoms with Gasteiger partial charge in [0, 0.05) is 25.8 Å². The Morgan fingerprint density at radius 3 is 2.33 bits per heavy atom. The number of anilines is 1. The molecule has 0 aliphatic carbocycles. The van der Waals surface area contributed by atoms with Gasteiger partial charge in [-0.2, -0.15) is 0 Å². The molecule has 0 heterocycles. The highest BCUT2D eigenvalue weighted by molar-refractivity contribution is 5.46. The summed E-state index contributed by atoms with van der Waals surface area (Å²) >= 11 is 0. The van der Waals surface area contributed by atoms with Crippen molar-refractivity contribution < 1.29 is 4.39 Å². The molecule has 0 aromatic heterocycles. The Balaban J connectivity index is 1.87. The zero-order valence-corrected chi connectivity index (χ0v) is 12.9. The highest BCUT2D eigenvalue weighted by Crippen LogP contribution is 2.17. The topological polar surface area (TPSA) is 15.3 Å². The molecule has 2 nitrogen and oxygen atoms in total. The molecular weight excluding hydrogens is 263 g/mol. The molecule has 1 N–H and O–H groups in total. The van der Waals surface area contributed by atoms with Gasteiger partial charge in [0.1, 0.15) is 5.82 Å². The number of nitrogens with one attached hydrogen (secondary N) is 1. The Hall–Kier alpha value is -1.87. The summed E-state index contributed by atoms with van der Waals surface area (Å²) in [5.74, 6) is -0.123. The molecule has 0 spiro atoms. The normalized spacial score (nSPS) is 12.2. The quantitative estimate of drug-likeness (QED) is 0.869. The second-order valence-electron chi connectivity index (χ2n) is 5.50. The minimum atomic E-state index is -0.123. The maximum atomic E-state index is 13.5. The lowest BCUT2D eigenvalue weighted by atomic mass is 10.1. The Morgan fingerprint density at radius 1 is 1.05 bits per heavy atom. The van der Waals surface area contributed by atoms with Gasteiger partial charge >= 0.3 is 0 Å². The first-order chi connectivity index (χ1) is 10.1. The predicted molar refractivity (Wildman–Crippen MR) is 87.3 cm³/mol. The summed E-state index contributed by atoms with van der Waals surface area (Å²) in [5.41, 5.74) is 3.20. The van der Waals surface area contributed by atoms with E-state index in [1.807, 2.05) is 26.2 Å². The number of benzene rings is 2. The number of nitrogens with zero attached hydrogens (tertiary/aromatic N) is 1. The van der Waals surface area contributed by atoms with Gasteiger partial charge in [-0.05, 0) is 49.2 Å². The fraction of sp³-hybridized carbons (Fsp3) is 0.333. The molecule has 2 aromatic rings. The van der Waals surface area contributed by atoms with Crippen LogP contribution in [0.3, 0.4) is 0 Å². The van der Waals surface area contributed by atoms with Crippen LogP contribution in [-0.4, -0.2) is 20.6 Å². The molecule has 0 radical (unpaired) electrons. The first kappa shape index (κ1) is 15.5. The molecule has 3 heteroatoms.